The molecular formula is C22H22FN5OS2. The SMILES string of the molecule is CCc1nc2sc3c(c2c2nnc(SCC(=O)Nc4ccccc4F)n12)CCC(C)C3. The van der Waals surface area contributed by atoms with Crippen LogP contribution in [0.5, 0.6) is 0 Å². The van der Waals surface area contributed by atoms with Crippen LogP contribution < -0.4 is 5.32 Å². The third kappa shape index (κ3) is 3.70. The lowest BCUT2D eigenvalue weighted by Gasteiger charge is -2.17. The van der Waals surface area contributed by atoms with Gasteiger partial charge in [0.25, 0.3) is 0 Å². The Bertz CT molecular complexity index is 1300. The Kier molecular flexibility index (Phi) is 5.39. The maximum Gasteiger partial charge on any atom is 0.234 e. The highest BCUT2D eigenvalue weighted by molar-refractivity contribution is 7.99. The average molecular weight is 456 g/mol. The molecule has 0 spiro atoms. The Labute approximate surface area is 187 Å². The summed E-state index contributed by atoms with van der Waals surface area (Å²) in [4.78, 5) is 19.7. The van der Waals surface area contributed by atoms with Crippen LogP contribution in [0.25, 0.3) is 15.9 Å². The molecule has 160 valence electrons. The molecule has 4 aromatic rings. The average Bonchev–Trinajstić information content (AvgIpc) is 3.33. The molecule has 1 aliphatic rings. The lowest BCUT2D eigenvalue weighted by molar-refractivity contribution is -0.113. The molecule has 0 saturated heterocycles. The van der Waals surface area contributed by atoms with E-state index >= 15 is 0 Å². The van der Waals surface area contributed by atoms with E-state index in [4.69, 9.17) is 4.98 Å². The maximum atomic E-state index is 13.8. The predicted octanol–water partition coefficient (Wildman–Crippen LogP) is 4.90. The second-order valence-corrected chi connectivity index (χ2v) is 9.90. The first-order valence-corrected chi connectivity index (χ1v) is 12.2. The van der Waals surface area contributed by atoms with E-state index < -0.39 is 5.82 Å². The van der Waals surface area contributed by atoms with Crippen molar-refractivity contribution in [1.29, 1.82) is 0 Å². The van der Waals surface area contributed by atoms with Crippen LogP contribution in [0.3, 0.4) is 0 Å². The highest BCUT2D eigenvalue weighted by atomic mass is 32.2. The van der Waals surface area contributed by atoms with Crippen LogP contribution in [0.1, 0.15) is 36.5 Å². The van der Waals surface area contributed by atoms with Crippen LogP contribution in [0, 0.1) is 11.7 Å². The third-order valence-electron chi connectivity index (χ3n) is 5.64. The van der Waals surface area contributed by atoms with Crippen molar-refractivity contribution >= 4 is 50.6 Å². The number of aromatic nitrogens is 4. The van der Waals surface area contributed by atoms with Gasteiger partial charge in [0.15, 0.2) is 10.8 Å². The van der Waals surface area contributed by atoms with Gasteiger partial charge in [-0.3, -0.25) is 9.20 Å². The summed E-state index contributed by atoms with van der Waals surface area (Å²) in [6.07, 6.45) is 4.04. The summed E-state index contributed by atoms with van der Waals surface area (Å²) in [5.41, 5.74) is 2.36. The second kappa shape index (κ2) is 8.20. The Morgan fingerprint density at radius 3 is 3.00 bits per heavy atom. The predicted molar refractivity (Wildman–Crippen MR) is 122 cm³/mol. The number of carbonyl (C=O) groups excluding carboxylic acids is 1. The van der Waals surface area contributed by atoms with E-state index in [1.54, 1.807) is 29.5 Å². The van der Waals surface area contributed by atoms with Crippen molar-refractivity contribution in [3.05, 3.63) is 46.3 Å². The summed E-state index contributed by atoms with van der Waals surface area (Å²) in [7, 11) is 0. The molecule has 0 radical (unpaired) electrons. The minimum atomic E-state index is -0.454. The van der Waals surface area contributed by atoms with Gasteiger partial charge in [-0.1, -0.05) is 37.7 Å². The molecule has 31 heavy (non-hydrogen) atoms. The van der Waals surface area contributed by atoms with Gasteiger partial charge in [-0.25, -0.2) is 9.37 Å². The van der Waals surface area contributed by atoms with E-state index in [2.05, 4.69) is 29.4 Å². The molecule has 1 unspecified atom stereocenters. The van der Waals surface area contributed by atoms with E-state index in [0.717, 1.165) is 41.0 Å². The van der Waals surface area contributed by atoms with Gasteiger partial charge in [-0.15, -0.1) is 21.5 Å². The zero-order valence-corrected chi connectivity index (χ0v) is 18.9. The number of halogens is 1. The van der Waals surface area contributed by atoms with Crippen LogP contribution in [-0.4, -0.2) is 31.2 Å². The highest BCUT2D eigenvalue weighted by Crippen LogP contribution is 2.39. The first kappa shape index (κ1) is 20.4. The summed E-state index contributed by atoms with van der Waals surface area (Å²) < 4.78 is 15.8. The number of benzene rings is 1. The smallest absolute Gasteiger partial charge is 0.234 e. The van der Waals surface area contributed by atoms with Crippen molar-refractivity contribution in [2.45, 2.75) is 44.7 Å². The van der Waals surface area contributed by atoms with Crippen molar-refractivity contribution in [1.82, 2.24) is 19.6 Å². The summed E-state index contributed by atoms with van der Waals surface area (Å²) in [5, 5.41) is 13.2. The molecule has 1 aliphatic carbocycles. The molecule has 3 heterocycles. The quantitative estimate of drug-likeness (QED) is 0.434. The van der Waals surface area contributed by atoms with Crippen molar-refractivity contribution in [2.24, 2.45) is 5.92 Å². The van der Waals surface area contributed by atoms with Gasteiger partial charge in [0.05, 0.1) is 16.8 Å². The minimum Gasteiger partial charge on any atom is -0.323 e. The Morgan fingerprint density at radius 2 is 2.19 bits per heavy atom. The van der Waals surface area contributed by atoms with E-state index in [-0.39, 0.29) is 17.3 Å². The largest absolute Gasteiger partial charge is 0.323 e. The number of hydrogen-bond donors (Lipinski definition) is 1. The van der Waals surface area contributed by atoms with Crippen molar-refractivity contribution < 1.29 is 9.18 Å². The highest BCUT2D eigenvalue weighted by Gasteiger charge is 2.25. The molecule has 1 amide bonds. The normalized spacial score (nSPS) is 16.0. The number of nitrogens with one attached hydrogen (secondary N) is 1. The van der Waals surface area contributed by atoms with Crippen molar-refractivity contribution in [2.75, 3.05) is 11.1 Å². The Hall–Kier alpha value is -2.52. The fourth-order valence-electron chi connectivity index (χ4n) is 4.09. The number of nitrogens with zero attached hydrogens (tertiary/aromatic N) is 4. The molecule has 0 bridgehead atoms. The standard InChI is InChI=1S/C22H22FN5OS2/c1-3-17-25-21-19(13-9-8-12(2)10-16(13)31-21)20-26-27-22(28(17)20)30-11-18(29)24-15-7-5-4-6-14(15)23/h4-7,12H,3,8-11H2,1-2H3,(H,24,29). The van der Waals surface area contributed by atoms with Gasteiger partial charge in [0.2, 0.25) is 5.91 Å². The number of amides is 1. The first-order valence-electron chi connectivity index (χ1n) is 10.4. The Balaban J connectivity index is 1.46. The number of thiophene rings is 1. The number of rotatable bonds is 5. The van der Waals surface area contributed by atoms with E-state index in [1.807, 2.05) is 4.40 Å². The molecule has 0 saturated carbocycles. The van der Waals surface area contributed by atoms with Crippen LogP contribution >= 0.6 is 23.1 Å². The topological polar surface area (TPSA) is 72.2 Å². The van der Waals surface area contributed by atoms with Gasteiger partial charge in [0, 0.05) is 11.3 Å². The van der Waals surface area contributed by atoms with Gasteiger partial charge in [0.1, 0.15) is 16.5 Å². The molecule has 1 atom stereocenters. The van der Waals surface area contributed by atoms with Gasteiger partial charge < -0.3 is 5.32 Å². The lowest BCUT2D eigenvalue weighted by Crippen LogP contribution is -2.15. The van der Waals surface area contributed by atoms with Crippen LogP contribution in [0.15, 0.2) is 29.4 Å². The zero-order chi connectivity index (χ0) is 21.5. The Morgan fingerprint density at radius 1 is 1.35 bits per heavy atom. The molecular weight excluding hydrogens is 433 g/mol. The van der Waals surface area contributed by atoms with Crippen LogP contribution in [0.4, 0.5) is 10.1 Å². The molecule has 0 fully saturated rings. The summed E-state index contributed by atoms with van der Waals surface area (Å²) in [6, 6.07) is 6.14. The summed E-state index contributed by atoms with van der Waals surface area (Å²) >= 11 is 3.07. The molecule has 3 aromatic heterocycles. The molecule has 9 heteroatoms. The fraction of sp³-hybridized carbons (Fsp3) is 0.364. The van der Waals surface area contributed by atoms with E-state index in [0.29, 0.717) is 11.1 Å². The van der Waals surface area contributed by atoms with Gasteiger partial charge in [-0.2, -0.15) is 0 Å². The van der Waals surface area contributed by atoms with Gasteiger partial charge in [-0.05, 0) is 42.9 Å². The first-order chi connectivity index (χ1) is 15.0. The number of aryl methyl sites for hydroxylation is 2. The van der Waals surface area contributed by atoms with Crippen molar-refractivity contribution in [3.63, 3.8) is 0 Å². The summed E-state index contributed by atoms with van der Waals surface area (Å²) in [5.74, 6) is 0.941. The number of hydrogen-bond acceptors (Lipinski definition) is 6. The monoisotopic (exact) mass is 455 g/mol. The van der Waals surface area contributed by atoms with E-state index in [1.165, 1.54) is 34.7 Å². The number of anilines is 1. The lowest BCUT2D eigenvalue weighted by atomic mass is 9.89. The molecule has 0 aliphatic heterocycles. The second-order valence-electron chi connectivity index (χ2n) is 7.87. The number of para-hydroxylation sites is 1. The maximum absolute atomic E-state index is 13.8. The molecule has 6 nitrogen and oxygen atoms in total. The number of carbonyl (C=O) groups is 1. The van der Waals surface area contributed by atoms with E-state index in [9.17, 15) is 9.18 Å². The summed E-state index contributed by atoms with van der Waals surface area (Å²) in [6.45, 7) is 4.36. The third-order valence-corrected chi connectivity index (χ3v) is 7.71. The van der Waals surface area contributed by atoms with Gasteiger partial charge >= 0.3 is 0 Å². The number of thioether (sulfide) groups is 1. The van der Waals surface area contributed by atoms with Crippen LogP contribution in [0.2, 0.25) is 0 Å². The van der Waals surface area contributed by atoms with Crippen LogP contribution in [-0.2, 0) is 24.1 Å². The number of fused-ring (bicyclic) bond motifs is 5. The molecule has 5 rings (SSSR count). The molecule has 1 aromatic carbocycles. The zero-order valence-electron chi connectivity index (χ0n) is 17.3. The molecule has 1 N–H and O–H groups in total. The van der Waals surface area contributed by atoms with Crippen molar-refractivity contribution in [3.8, 4) is 0 Å². The minimum absolute atomic E-state index is 0.107. The fourth-order valence-corrected chi connectivity index (χ4v) is 6.24.